The molecule has 1 aromatic carbocycles. The number of halogens is 1. The molecule has 1 heterocycles. The minimum Gasteiger partial charge on any atom is -0.496 e. The molecule has 1 aliphatic carbocycles. The van der Waals surface area contributed by atoms with E-state index in [4.69, 9.17) is 4.74 Å². The van der Waals surface area contributed by atoms with Gasteiger partial charge >= 0.3 is 0 Å². The third-order valence-corrected chi connectivity index (χ3v) is 6.39. The largest absolute Gasteiger partial charge is 0.496 e. The molecule has 1 atom stereocenters. The Morgan fingerprint density at radius 1 is 1.25 bits per heavy atom. The first-order valence-corrected chi connectivity index (χ1v) is 8.88. The number of hydrogen-bond donors (Lipinski definition) is 0. The predicted octanol–water partition coefficient (Wildman–Crippen LogP) is 5.31. The van der Waals surface area contributed by atoms with Crippen LogP contribution in [0.5, 0.6) is 5.75 Å². The highest BCUT2D eigenvalue weighted by atomic mass is 79.9. The van der Waals surface area contributed by atoms with Crippen LogP contribution in [0.2, 0.25) is 0 Å². The Morgan fingerprint density at radius 2 is 2.05 bits per heavy atom. The number of aryl methyl sites for hydroxylation is 2. The standard InChI is InChI=1S/C17H19BrOS/c1-19-15-8-4-2-6-12(15)10-14(18)17-11-13-7-3-5-9-16(13)20-17/h2,4,6,8,11,14H,3,5,7,9-10H2,1H3. The molecule has 1 unspecified atom stereocenters. The van der Waals surface area contributed by atoms with Crippen molar-refractivity contribution >= 4 is 27.3 Å². The quantitative estimate of drug-likeness (QED) is 0.678. The molecule has 3 heteroatoms. The van der Waals surface area contributed by atoms with Gasteiger partial charge in [-0.05, 0) is 55.4 Å². The third-order valence-electron chi connectivity index (χ3n) is 3.92. The molecule has 0 N–H and O–H groups in total. The molecule has 0 spiro atoms. The molecule has 1 aromatic heterocycles. The van der Waals surface area contributed by atoms with E-state index in [0.717, 1.165) is 12.2 Å². The average molecular weight is 351 g/mol. The van der Waals surface area contributed by atoms with E-state index in [2.05, 4.69) is 34.1 Å². The number of methoxy groups -OCH3 is 1. The van der Waals surface area contributed by atoms with E-state index in [-0.39, 0.29) is 0 Å². The summed E-state index contributed by atoms with van der Waals surface area (Å²) in [4.78, 5) is 3.45. The maximum Gasteiger partial charge on any atom is 0.122 e. The summed E-state index contributed by atoms with van der Waals surface area (Å²) in [5.74, 6) is 0.985. The van der Waals surface area contributed by atoms with Crippen LogP contribution in [-0.2, 0) is 19.3 Å². The molecule has 0 amide bonds. The number of hydrogen-bond acceptors (Lipinski definition) is 2. The minimum absolute atomic E-state index is 0.384. The second-order valence-electron chi connectivity index (χ2n) is 5.29. The van der Waals surface area contributed by atoms with E-state index >= 15 is 0 Å². The van der Waals surface area contributed by atoms with Gasteiger partial charge in [0.25, 0.3) is 0 Å². The molecule has 106 valence electrons. The highest BCUT2D eigenvalue weighted by Gasteiger charge is 2.18. The van der Waals surface area contributed by atoms with Crippen molar-refractivity contribution in [1.29, 1.82) is 0 Å². The van der Waals surface area contributed by atoms with Crippen LogP contribution in [0.3, 0.4) is 0 Å². The van der Waals surface area contributed by atoms with Gasteiger partial charge in [0.1, 0.15) is 5.75 Å². The molecule has 0 saturated heterocycles. The molecule has 2 aromatic rings. The molecule has 20 heavy (non-hydrogen) atoms. The maximum absolute atomic E-state index is 5.45. The number of rotatable bonds is 4. The van der Waals surface area contributed by atoms with Gasteiger partial charge in [0, 0.05) is 9.75 Å². The lowest BCUT2D eigenvalue weighted by Crippen LogP contribution is -1.97. The maximum atomic E-state index is 5.45. The lowest BCUT2D eigenvalue weighted by Gasteiger charge is -2.11. The van der Waals surface area contributed by atoms with E-state index in [1.54, 1.807) is 17.6 Å². The summed E-state index contributed by atoms with van der Waals surface area (Å²) in [5, 5.41) is 0. The predicted molar refractivity (Wildman–Crippen MR) is 89.3 cm³/mol. The summed E-state index contributed by atoms with van der Waals surface area (Å²) in [6.07, 6.45) is 6.22. The molecule has 0 bridgehead atoms. The second kappa shape index (κ2) is 6.31. The molecule has 1 aliphatic rings. The van der Waals surface area contributed by atoms with Crippen molar-refractivity contribution in [3.8, 4) is 5.75 Å². The zero-order chi connectivity index (χ0) is 13.9. The third kappa shape index (κ3) is 2.94. The van der Waals surface area contributed by atoms with Gasteiger partial charge in [-0.3, -0.25) is 0 Å². The van der Waals surface area contributed by atoms with Crippen LogP contribution in [0.1, 0.15) is 38.6 Å². The lowest BCUT2D eigenvalue weighted by atomic mass is 9.99. The van der Waals surface area contributed by atoms with Gasteiger partial charge in [-0.2, -0.15) is 0 Å². The van der Waals surface area contributed by atoms with Crippen LogP contribution in [0.4, 0.5) is 0 Å². The van der Waals surface area contributed by atoms with E-state index in [9.17, 15) is 0 Å². The van der Waals surface area contributed by atoms with Crippen molar-refractivity contribution in [1.82, 2.24) is 0 Å². The molecule has 0 radical (unpaired) electrons. The van der Waals surface area contributed by atoms with Crippen molar-refractivity contribution in [3.63, 3.8) is 0 Å². The molecular formula is C17H19BrOS. The van der Waals surface area contributed by atoms with Crippen LogP contribution in [0, 0.1) is 0 Å². The van der Waals surface area contributed by atoms with Crippen LogP contribution >= 0.6 is 27.3 Å². The van der Waals surface area contributed by atoms with Gasteiger partial charge in [-0.25, -0.2) is 0 Å². The number of ether oxygens (including phenoxy) is 1. The Kier molecular flexibility index (Phi) is 4.47. The topological polar surface area (TPSA) is 9.23 Å². The first kappa shape index (κ1) is 14.2. The Balaban J connectivity index is 1.79. The Labute approximate surface area is 133 Å². The van der Waals surface area contributed by atoms with Gasteiger partial charge in [0.2, 0.25) is 0 Å². The summed E-state index contributed by atoms with van der Waals surface area (Å²) in [5.41, 5.74) is 2.85. The first-order chi connectivity index (χ1) is 9.78. The van der Waals surface area contributed by atoms with Crippen molar-refractivity contribution in [3.05, 3.63) is 51.2 Å². The number of para-hydroxylation sites is 1. The van der Waals surface area contributed by atoms with Crippen LogP contribution in [0.15, 0.2) is 30.3 Å². The summed E-state index contributed by atoms with van der Waals surface area (Å²) >= 11 is 5.86. The highest BCUT2D eigenvalue weighted by molar-refractivity contribution is 9.09. The van der Waals surface area contributed by atoms with Gasteiger partial charge in [-0.15, -0.1) is 11.3 Å². The fourth-order valence-corrected chi connectivity index (χ4v) is 4.83. The lowest BCUT2D eigenvalue weighted by molar-refractivity contribution is 0.409. The molecule has 1 nitrogen and oxygen atoms in total. The van der Waals surface area contributed by atoms with E-state index < -0.39 is 0 Å². The fraction of sp³-hybridized carbons (Fsp3) is 0.412. The SMILES string of the molecule is COc1ccccc1CC(Br)c1cc2c(s1)CCCC2. The zero-order valence-corrected chi connectivity index (χ0v) is 14.1. The van der Waals surface area contributed by atoms with E-state index in [0.29, 0.717) is 4.83 Å². The van der Waals surface area contributed by atoms with E-state index in [1.165, 1.54) is 36.1 Å². The average Bonchev–Trinajstić information content (AvgIpc) is 2.92. The monoisotopic (exact) mass is 350 g/mol. The van der Waals surface area contributed by atoms with Crippen LogP contribution < -0.4 is 4.74 Å². The van der Waals surface area contributed by atoms with Crippen molar-refractivity contribution in [2.75, 3.05) is 7.11 Å². The Morgan fingerprint density at radius 3 is 2.85 bits per heavy atom. The number of fused-ring (bicyclic) bond motifs is 1. The summed E-state index contributed by atoms with van der Waals surface area (Å²) < 4.78 is 5.45. The fourth-order valence-electron chi connectivity index (χ4n) is 2.83. The van der Waals surface area contributed by atoms with Crippen LogP contribution in [-0.4, -0.2) is 7.11 Å². The molecular weight excluding hydrogens is 332 g/mol. The number of benzene rings is 1. The summed E-state index contributed by atoms with van der Waals surface area (Å²) in [6.45, 7) is 0. The van der Waals surface area contributed by atoms with Gasteiger partial charge in [-0.1, -0.05) is 34.1 Å². The highest BCUT2D eigenvalue weighted by Crippen LogP contribution is 2.38. The Bertz CT molecular complexity index is 567. The van der Waals surface area contributed by atoms with Gasteiger partial charge in [0.15, 0.2) is 0 Å². The van der Waals surface area contributed by atoms with E-state index in [1.807, 2.05) is 23.5 Å². The van der Waals surface area contributed by atoms with Gasteiger partial charge < -0.3 is 4.74 Å². The Hall–Kier alpha value is -0.800. The van der Waals surface area contributed by atoms with Crippen molar-refractivity contribution in [2.45, 2.75) is 36.9 Å². The van der Waals surface area contributed by atoms with Crippen LogP contribution in [0.25, 0.3) is 0 Å². The molecule has 3 rings (SSSR count). The first-order valence-electron chi connectivity index (χ1n) is 7.15. The zero-order valence-electron chi connectivity index (χ0n) is 11.7. The van der Waals surface area contributed by atoms with Crippen molar-refractivity contribution in [2.24, 2.45) is 0 Å². The van der Waals surface area contributed by atoms with Gasteiger partial charge in [0.05, 0.1) is 11.9 Å². The number of alkyl halides is 1. The second-order valence-corrected chi connectivity index (χ2v) is 7.56. The summed E-state index contributed by atoms with van der Waals surface area (Å²) in [6, 6.07) is 10.7. The normalized spacial score (nSPS) is 15.7. The smallest absolute Gasteiger partial charge is 0.122 e. The van der Waals surface area contributed by atoms with Crippen molar-refractivity contribution < 1.29 is 4.74 Å². The minimum atomic E-state index is 0.384. The summed E-state index contributed by atoms with van der Waals surface area (Å²) in [7, 11) is 1.74. The molecule has 0 fully saturated rings. The molecule has 0 aliphatic heterocycles. The molecule has 0 saturated carbocycles. The number of thiophene rings is 1.